The number of amides is 1. The van der Waals surface area contributed by atoms with Crippen molar-refractivity contribution in [1.82, 2.24) is 5.32 Å². The van der Waals surface area contributed by atoms with Crippen LogP contribution in [-0.2, 0) is 20.1 Å². The Labute approximate surface area is 184 Å². The van der Waals surface area contributed by atoms with Crippen LogP contribution in [0.4, 0.5) is 10.5 Å². The Morgan fingerprint density at radius 2 is 1.84 bits per heavy atom. The van der Waals surface area contributed by atoms with Crippen molar-refractivity contribution in [3.8, 4) is 5.75 Å². The number of hydrogen-bond donors (Lipinski definition) is 2. The average Bonchev–Trinajstić information content (AvgIpc) is 2.65. The molecule has 2 aliphatic heterocycles. The lowest BCUT2D eigenvalue weighted by Crippen LogP contribution is -2.62. The third-order valence-electron chi connectivity index (χ3n) is 5.86. The van der Waals surface area contributed by atoms with Crippen LogP contribution in [0.2, 0.25) is 0 Å². The highest BCUT2D eigenvalue weighted by Crippen LogP contribution is 2.51. The fraction of sp³-hybridized carbons (Fsp3) is 0.636. The molecule has 2 atom stereocenters. The summed E-state index contributed by atoms with van der Waals surface area (Å²) in [5.74, 6) is 0.563. The van der Waals surface area contributed by atoms with Gasteiger partial charge in [-0.25, -0.2) is 13.2 Å². The molecule has 0 spiro atoms. The first kappa shape index (κ1) is 23.4. The Kier molecular flexibility index (Phi) is 5.17. The molecule has 0 saturated carbocycles. The van der Waals surface area contributed by atoms with E-state index in [1.807, 2.05) is 13.8 Å². The first-order chi connectivity index (χ1) is 13.9. The maximum Gasteiger partial charge on any atom is 0.413 e. The molecule has 8 nitrogen and oxygen atoms in total. The van der Waals surface area contributed by atoms with E-state index in [1.54, 1.807) is 59.7 Å². The summed E-state index contributed by atoms with van der Waals surface area (Å²) in [6.07, 6.45) is -0.526. The van der Waals surface area contributed by atoms with Gasteiger partial charge in [0.25, 0.3) is 0 Å². The monoisotopic (exact) mass is 451 g/mol. The molecule has 31 heavy (non-hydrogen) atoms. The first-order valence-corrected chi connectivity index (χ1v) is 11.9. The molecule has 0 fully saturated rings. The summed E-state index contributed by atoms with van der Waals surface area (Å²) in [6, 6.07) is 5.15. The summed E-state index contributed by atoms with van der Waals surface area (Å²) in [5.41, 5.74) is 4.39. The number of carbonyl (C=O) groups is 1. The number of rotatable bonds is 0. The minimum absolute atomic E-state index is 0.0357. The van der Waals surface area contributed by atoms with Crippen molar-refractivity contribution in [2.75, 3.05) is 5.73 Å². The fourth-order valence-electron chi connectivity index (χ4n) is 4.17. The van der Waals surface area contributed by atoms with Gasteiger partial charge in [0.05, 0.1) is 5.25 Å². The smallest absolute Gasteiger partial charge is 0.413 e. The number of anilines is 1. The van der Waals surface area contributed by atoms with Crippen molar-refractivity contribution in [1.29, 1.82) is 0 Å². The zero-order chi connectivity index (χ0) is 23.6. The third kappa shape index (κ3) is 4.00. The van der Waals surface area contributed by atoms with Crippen LogP contribution >= 0.6 is 0 Å². The molecule has 2 aliphatic rings. The average molecular weight is 452 g/mol. The lowest BCUT2D eigenvalue weighted by molar-refractivity contribution is 0.0560. The van der Waals surface area contributed by atoms with E-state index in [4.69, 9.17) is 20.2 Å². The molecule has 9 heteroatoms. The summed E-state index contributed by atoms with van der Waals surface area (Å²) < 4.78 is 38.0. The highest BCUT2D eigenvalue weighted by molar-refractivity contribution is 7.94. The van der Waals surface area contributed by atoms with Gasteiger partial charge in [0.1, 0.15) is 33.1 Å². The standard InChI is InChI=1S/C22H33N3O5S/c1-19(2,3)30-18(26)24-17-21(6,7)31(27,28)16-12-20(4,5)29-15-10-9-13(23)11-14(15)22(16,8)25-17/h9-11,16H,12,23H2,1-8H3,(H,24,25,26)/t16?,22-/m1/s1. The van der Waals surface area contributed by atoms with E-state index in [-0.39, 0.29) is 12.3 Å². The largest absolute Gasteiger partial charge is 0.487 e. The summed E-state index contributed by atoms with van der Waals surface area (Å²) in [7, 11) is -3.83. The summed E-state index contributed by atoms with van der Waals surface area (Å²) in [4.78, 5) is 17.4. The SMILES string of the molecule is CC(C)(C)OC(=O)NC1=N[C@]2(C)c3cc(N)ccc3OC(C)(C)CC2S(=O)(=O)C1(C)C. The maximum absolute atomic E-state index is 13.9. The van der Waals surface area contributed by atoms with Gasteiger partial charge in [0.15, 0.2) is 9.84 Å². The minimum atomic E-state index is -3.83. The number of benzene rings is 1. The number of nitrogen functional groups attached to an aromatic ring is 1. The van der Waals surface area contributed by atoms with Crippen LogP contribution in [0, 0.1) is 0 Å². The van der Waals surface area contributed by atoms with E-state index in [9.17, 15) is 13.2 Å². The molecule has 1 amide bonds. The molecule has 3 rings (SSSR count). The minimum Gasteiger partial charge on any atom is -0.487 e. The number of hydrogen-bond acceptors (Lipinski definition) is 7. The van der Waals surface area contributed by atoms with Gasteiger partial charge in [-0.3, -0.25) is 10.3 Å². The van der Waals surface area contributed by atoms with E-state index < -0.39 is 42.7 Å². The number of ether oxygens (including phenoxy) is 2. The van der Waals surface area contributed by atoms with Crippen LogP contribution < -0.4 is 15.8 Å². The highest BCUT2D eigenvalue weighted by Gasteiger charge is 2.60. The molecular weight excluding hydrogens is 418 g/mol. The molecule has 0 saturated heterocycles. The lowest BCUT2D eigenvalue weighted by Gasteiger charge is -2.45. The normalized spacial score (nSPS) is 28.1. The lowest BCUT2D eigenvalue weighted by atomic mass is 9.84. The van der Waals surface area contributed by atoms with E-state index in [0.29, 0.717) is 17.0 Å². The quantitative estimate of drug-likeness (QED) is 0.582. The van der Waals surface area contributed by atoms with Gasteiger partial charge < -0.3 is 15.2 Å². The Morgan fingerprint density at radius 3 is 2.42 bits per heavy atom. The molecule has 1 aromatic carbocycles. The molecule has 0 aliphatic carbocycles. The van der Waals surface area contributed by atoms with Gasteiger partial charge in [-0.1, -0.05) is 0 Å². The number of amidine groups is 1. The number of alkyl carbamates (subject to hydrolysis) is 1. The molecule has 2 heterocycles. The van der Waals surface area contributed by atoms with Crippen LogP contribution in [-0.4, -0.2) is 41.5 Å². The van der Waals surface area contributed by atoms with Crippen LogP contribution in [0.25, 0.3) is 0 Å². The second-order valence-electron chi connectivity index (χ2n) is 10.6. The van der Waals surface area contributed by atoms with Gasteiger partial charge in [-0.05, 0) is 73.6 Å². The van der Waals surface area contributed by atoms with Crippen molar-refractivity contribution >= 4 is 27.5 Å². The number of nitrogens with zero attached hydrogens (tertiary/aromatic N) is 1. The molecular formula is C22H33N3O5S. The first-order valence-electron chi connectivity index (χ1n) is 10.3. The third-order valence-corrected chi connectivity index (χ3v) is 8.85. The zero-order valence-electron chi connectivity index (χ0n) is 19.5. The van der Waals surface area contributed by atoms with Crippen LogP contribution in [0.15, 0.2) is 23.2 Å². The predicted molar refractivity (Wildman–Crippen MR) is 121 cm³/mol. The zero-order valence-corrected chi connectivity index (χ0v) is 20.3. The number of sulfone groups is 1. The topological polar surface area (TPSA) is 120 Å². The van der Waals surface area contributed by atoms with Crippen molar-refractivity contribution in [3.63, 3.8) is 0 Å². The molecule has 172 valence electrons. The van der Waals surface area contributed by atoms with Gasteiger partial charge in [-0.15, -0.1) is 0 Å². The van der Waals surface area contributed by atoms with Crippen molar-refractivity contribution in [2.24, 2.45) is 4.99 Å². The molecule has 3 N–H and O–H groups in total. The molecule has 1 unspecified atom stereocenters. The van der Waals surface area contributed by atoms with Crippen molar-refractivity contribution in [3.05, 3.63) is 23.8 Å². The van der Waals surface area contributed by atoms with Crippen LogP contribution in [0.5, 0.6) is 5.75 Å². The second-order valence-corrected chi connectivity index (χ2v) is 13.3. The van der Waals surface area contributed by atoms with E-state index in [0.717, 1.165) is 0 Å². The number of fused-ring (bicyclic) bond motifs is 3. The molecule has 0 bridgehead atoms. The summed E-state index contributed by atoms with van der Waals surface area (Å²) >= 11 is 0. The maximum atomic E-state index is 13.9. The Morgan fingerprint density at radius 1 is 1.23 bits per heavy atom. The van der Waals surface area contributed by atoms with Gasteiger partial charge in [-0.2, -0.15) is 0 Å². The van der Waals surface area contributed by atoms with E-state index >= 15 is 0 Å². The number of nitrogens with two attached hydrogens (primary N) is 1. The number of nitrogens with one attached hydrogen (secondary N) is 1. The van der Waals surface area contributed by atoms with E-state index in [2.05, 4.69) is 5.32 Å². The molecule has 1 aromatic rings. The molecule has 0 radical (unpaired) electrons. The fourth-order valence-corrected chi connectivity index (χ4v) is 6.65. The van der Waals surface area contributed by atoms with Crippen LogP contribution in [0.1, 0.15) is 67.4 Å². The van der Waals surface area contributed by atoms with Gasteiger partial charge >= 0.3 is 6.09 Å². The number of carbonyl (C=O) groups excluding carboxylic acids is 1. The predicted octanol–water partition coefficient (Wildman–Crippen LogP) is 3.54. The summed E-state index contributed by atoms with van der Waals surface area (Å²) in [6.45, 7) is 13.8. The molecule has 0 aromatic heterocycles. The second kappa shape index (κ2) is 6.85. The van der Waals surface area contributed by atoms with E-state index in [1.165, 1.54) is 0 Å². The number of aliphatic imine (C=N–C) groups is 1. The Hall–Kier alpha value is -2.29. The van der Waals surface area contributed by atoms with Crippen molar-refractivity contribution < 1.29 is 22.7 Å². The Balaban J connectivity index is 2.25. The van der Waals surface area contributed by atoms with Gasteiger partial charge in [0.2, 0.25) is 0 Å². The van der Waals surface area contributed by atoms with Gasteiger partial charge in [0, 0.05) is 17.7 Å². The van der Waals surface area contributed by atoms with Crippen molar-refractivity contribution in [2.45, 2.75) is 88.5 Å². The Bertz CT molecular complexity index is 1050. The van der Waals surface area contributed by atoms with Crippen LogP contribution in [0.3, 0.4) is 0 Å². The summed E-state index contributed by atoms with van der Waals surface area (Å²) in [5, 5.41) is 1.73. The highest BCUT2D eigenvalue weighted by atomic mass is 32.2.